The number of fused-ring (bicyclic) bond motifs is 2. The third-order valence-electron chi connectivity index (χ3n) is 4.44. The summed E-state index contributed by atoms with van der Waals surface area (Å²) in [5.41, 5.74) is 1.11. The van der Waals surface area contributed by atoms with E-state index in [-0.39, 0.29) is 11.3 Å². The SMILES string of the molecule is CCCNC1c2cc3c(cc2S(=O)C(C)C1C)OCCO3. The largest absolute Gasteiger partial charge is 0.486 e. The monoisotopic (exact) mass is 309 g/mol. The van der Waals surface area contributed by atoms with Crippen LogP contribution in [0.25, 0.3) is 0 Å². The van der Waals surface area contributed by atoms with E-state index < -0.39 is 10.8 Å². The highest BCUT2D eigenvalue weighted by Crippen LogP contribution is 2.44. The van der Waals surface area contributed by atoms with E-state index in [1.807, 2.05) is 12.1 Å². The molecule has 2 aliphatic heterocycles. The molecule has 3 rings (SSSR count). The minimum atomic E-state index is -0.990. The van der Waals surface area contributed by atoms with Crippen molar-refractivity contribution >= 4 is 10.8 Å². The number of nitrogens with one attached hydrogen (secondary N) is 1. The molecule has 0 bridgehead atoms. The number of hydrogen-bond donors (Lipinski definition) is 1. The van der Waals surface area contributed by atoms with E-state index in [0.29, 0.717) is 19.1 Å². The van der Waals surface area contributed by atoms with Crippen LogP contribution in [0.15, 0.2) is 17.0 Å². The molecule has 0 amide bonds. The average Bonchev–Trinajstić information content (AvgIpc) is 2.51. The van der Waals surface area contributed by atoms with Crippen LogP contribution >= 0.6 is 0 Å². The van der Waals surface area contributed by atoms with E-state index in [0.717, 1.165) is 34.9 Å². The van der Waals surface area contributed by atoms with Crippen LogP contribution in [0.4, 0.5) is 0 Å². The molecule has 4 atom stereocenters. The molecule has 4 nitrogen and oxygen atoms in total. The van der Waals surface area contributed by atoms with Gasteiger partial charge in [-0.05, 0) is 30.5 Å². The summed E-state index contributed by atoms with van der Waals surface area (Å²) in [4.78, 5) is 0.901. The molecule has 2 heterocycles. The van der Waals surface area contributed by atoms with Crippen molar-refractivity contribution < 1.29 is 13.7 Å². The second-order valence-corrected chi connectivity index (χ2v) is 7.61. The van der Waals surface area contributed by atoms with Crippen LogP contribution in [-0.4, -0.2) is 29.2 Å². The van der Waals surface area contributed by atoms with Gasteiger partial charge in [0.15, 0.2) is 11.5 Å². The van der Waals surface area contributed by atoms with Crippen LogP contribution in [0.3, 0.4) is 0 Å². The highest BCUT2D eigenvalue weighted by atomic mass is 32.2. The van der Waals surface area contributed by atoms with Gasteiger partial charge in [0.25, 0.3) is 0 Å². The summed E-state index contributed by atoms with van der Waals surface area (Å²) >= 11 is 0. The lowest BCUT2D eigenvalue weighted by molar-refractivity contribution is 0.170. The highest BCUT2D eigenvalue weighted by Gasteiger charge is 2.37. The van der Waals surface area contributed by atoms with Gasteiger partial charge in [0.05, 0.1) is 10.8 Å². The quantitative estimate of drug-likeness (QED) is 0.932. The Balaban J connectivity index is 2.06. The molecule has 1 aromatic carbocycles. The zero-order valence-corrected chi connectivity index (χ0v) is 13.7. The molecule has 0 spiro atoms. The molecule has 0 saturated carbocycles. The van der Waals surface area contributed by atoms with Gasteiger partial charge in [-0.1, -0.05) is 20.8 Å². The van der Waals surface area contributed by atoms with Gasteiger partial charge in [0, 0.05) is 22.3 Å². The summed E-state index contributed by atoms with van der Waals surface area (Å²) in [7, 11) is -0.990. The Bertz CT molecular complexity index is 561. The van der Waals surface area contributed by atoms with Gasteiger partial charge in [0.2, 0.25) is 0 Å². The number of rotatable bonds is 3. The third-order valence-corrected chi connectivity index (χ3v) is 6.34. The van der Waals surface area contributed by atoms with E-state index in [1.54, 1.807) is 0 Å². The van der Waals surface area contributed by atoms with Crippen LogP contribution in [0.1, 0.15) is 38.8 Å². The van der Waals surface area contributed by atoms with E-state index >= 15 is 0 Å². The van der Waals surface area contributed by atoms with Crippen LogP contribution in [0.2, 0.25) is 0 Å². The summed E-state index contributed by atoms with van der Waals surface area (Å²) in [6.07, 6.45) is 1.08. The molecule has 1 N–H and O–H groups in total. The maximum atomic E-state index is 12.7. The highest BCUT2D eigenvalue weighted by molar-refractivity contribution is 7.85. The number of ether oxygens (including phenoxy) is 2. The zero-order chi connectivity index (χ0) is 15.0. The summed E-state index contributed by atoms with van der Waals surface area (Å²) in [5.74, 6) is 1.83. The standard InChI is InChI=1S/C16H23NO3S/c1-4-5-17-16-10(2)11(3)21(18)15-9-14-13(8-12(15)16)19-6-7-20-14/h8-11,16-17H,4-7H2,1-3H3. The lowest BCUT2D eigenvalue weighted by atomic mass is 9.91. The predicted octanol–water partition coefficient (Wildman–Crippen LogP) is 2.64. The van der Waals surface area contributed by atoms with Crippen molar-refractivity contribution in [3.63, 3.8) is 0 Å². The first-order chi connectivity index (χ1) is 10.1. The normalized spacial score (nSPS) is 30.8. The Labute approximate surface area is 128 Å². The molecule has 0 saturated heterocycles. The first-order valence-electron chi connectivity index (χ1n) is 7.71. The molecule has 0 aromatic heterocycles. The van der Waals surface area contributed by atoms with Gasteiger partial charge in [-0.2, -0.15) is 0 Å². The predicted molar refractivity (Wildman–Crippen MR) is 83.5 cm³/mol. The zero-order valence-electron chi connectivity index (χ0n) is 12.8. The Hall–Kier alpha value is -1.07. The van der Waals surface area contributed by atoms with Crippen molar-refractivity contribution in [3.05, 3.63) is 17.7 Å². The number of hydrogen-bond acceptors (Lipinski definition) is 4. The summed E-state index contributed by atoms with van der Waals surface area (Å²) < 4.78 is 24.0. The fourth-order valence-electron chi connectivity index (χ4n) is 3.05. The minimum absolute atomic E-state index is 0.134. The Kier molecular flexibility index (Phi) is 4.22. The first kappa shape index (κ1) is 14.9. The molecule has 5 heteroatoms. The average molecular weight is 309 g/mol. The fourth-order valence-corrected chi connectivity index (χ4v) is 4.64. The second-order valence-electron chi connectivity index (χ2n) is 5.83. The van der Waals surface area contributed by atoms with Gasteiger partial charge in [-0.15, -0.1) is 0 Å². The van der Waals surface area contributed by atoms with Gasteiger partial charge in [0.1, 0.15) is 13.2 Å². The molecular weight excluding hydrogens is 286 g/mol. The maximum Gasteiger partial charge on any atom is 0.162 e. The lowest BCUT2D eigenvalue weighted by Gasteiger charge is -2.37. The van der Waals surface area contributed by atoms with E-state index in [2.05, 4.69) is 26.1 Å². The minimum Gasteiger partial charge on any atom is -0.486 e. The topological polar surface area (TPSA) is 47.6 Å². The van der Waals surface area contributed by atoms with Crippen LogP contribution in [0.5, 0.6) is 11.5 Å². The Morgan fingerprint density at radius 1 is 1.24 bits per heavy atom. The van der Waals surface area contributed by atoms with E-state index in [4.69, 9.17) is 9.47 Å². The van der Waals surface area contributed by atoms with Gasteiger partial charge in [-0.25, -0.2) is 0 Å². The summed E-state index contributed by atoms with van der Waals surface area (Å²) in [6.45, 7) is 8.50. The molecule has 1 aromatic rings. The molecule has 0 aliphatic carbocycles. The van der Waals surface area contributed by atoms with E-state index in [9.17, 15) is 4.21 Å². The molecule has 116 valence electrons. The van der Waals surface area contributed by atoms with Gasteiger partial charge >= 0.3 is 0 Å². The molecule has 4 unspecified atom stereocenters. The fraction of sp³-hybridized carbons (Fsp3) is 0.625. The number of benzene rings is 1. The molecule has 2 aliphatic rings. The van der Waals surface area contributed by atoms with Gasteiger partial charge < -0.3 is 14.8 Å². The maximum absolute atomic E-state index is 12.7. The summed E-state index contributed by atoms with van der Waals surface area (Å²) in [6, 6.07) is 4.17. The smallest absolute Gasteiger partial charge is 0.162 e. The second kappa shape index (κ2) is 5.97. The summed E-state index contributed by atoms with van der Waals surface area (Å²) in [5, 5.41) is 3.74. The molecule has 21 heavy (non-hydrogen) atoms. The van der Waals surface area contributed by atoms with Gasteiger partial charge in [-0.3, -0.25) is 4.21 Å². The van der Waals surface area contributed by atoms with Crippen molar-refractivity contribution in [2.24, 2.45) is 5.92 Å². The van der Waals surface area contributed by atoms with Crippen molar-refractivity contribution in [2.45, 2.75) is 43.4 Å². The van der Waals surface area contributed by atoms with Crippen molar-refractivity contribution in [3.8, 4) is 11.5 Å². The van der Waals surface area contributed by atoms with Crippen molar-refractivity contribution in [1.82, 2.24) is 5.32 Å². The molecule has 0 fully saturated rings. The Morgan fingerprint density at radius 3 is 2.57 bits per heavy atom. The first-order valence-corrected chi connectivity index (χ1v) is 8.92. The van der Waals surface area contributed by atoms with Crippen LogP contribution < -0.4 is 14.8 Å². The lowest BCUT2D eigenvalue weighted by Crippen LogP contribution is -2.39. The van der Waals surface area contributed by atoms with E-state index in [1.165, 1.54) is 0 Å². The van der Waals surface area contributed by atoms with Crippen LogP contribution in [0, 0.1) is 5.92 Å². The van der Waals surface area contributed by atoms with Crippen molar-refractivity contribution in [2.75, 3.05) is 19.8 Å². The van der Waals surface area contributed by atoms with Crippen LogP contribution in [-0.2, 0) is 10.8 Å². The molecular formula is C16H23NO3S. The molecule has 0 radical (unpaired) electrons. The van der Waals surface area contributed by atoms with Crippen molar-refractivity contribution in [1.29, 1.82) is 0 Å². The Morgan fingerprint density at radius 2 is 1.90 bits per heavy atom. The third kappa shape index (κ3) is 2.57.